The van der Waals surface area contributed by atoms with Crippen LogP contribution in [0.5, 0.6) is 0 Å². The summed E-state index contributed by atoms with van der Waals surface area (Å²) in [5, 5.41) is 3.32. The highest BCUT2D eigenvalue weighted by Gasteiger charge is 2.43. The quantitative estimate of drug-likeness (QED) is 0.509. The molecule has 2 N–H and O–H groups in total. The van der Waals surface area contributed by atoms with E-state index in [2.05, 4.69) is 19.9 Å². The Morgan fingerprint density at radius 3 is 2.73 bits per heavy atom. The fraction of sp³-hybridized carbons (Fsp3) is 0.944. The average molecular weight is 387 g/mol. The second-order valence-electron chi connectivity index (χ2n) is 7.92. The van der Waals surface area contributed by atoms with E-state index < -0.39 is 10.0 Å². The molecule has 7 nitrogen and oxygen atoms in total. The minimum atomic E-state index is -3.31. The molecule has 8 heteroatoms. The van der Waals surface area contributed by atoms with Gasteiger partial charge in [0.05, 0.1) is 18.4 Å². The largest absolute Gasteiger partial charge is 0.377 e. The molecule has 1 aliphatic carbocycles. The normalized spacial score (nSPS) is 26.1. The Morgan fingerprint density at radius 1 is 1.27 bits per heavy atom. The van der Waals surface area contributed by atoms with Gasteiger partial charge in [-0.15, -0.1) is 0 Å². The minimum absolute atomic E-state index is 0.0163. The van der Waals surface area contributed by atoms with Crippen molar-refractivity contribution in [2.75, 3.05) is 45.1 Å². The van der Waals surface area contributed by atoms with Gasteiger partial charge in [0, 0.05) is 32.8 Å². The van der Waals surface area contributed by atoms with Crippen molar-refractivity contribution in [3.05, 3.63) is 0 Å². The standard InChI is InChI=1S/C18H34N4O3S/c1-2-19-17(22-11-9-18(15-22)7-5-8-18)20-10-13-26(23,24)21-14-16-6-3-4-12-25-16/h16,21H,2-15H2,1H3,(H,19,20). The number of hydrogen-bond donors (Lipinski definition) is 2. The zero-order chi connectivity index (χ0) is 18.5. The van der Waals surface area contributed by atoms with Gasteiger partial charge in [0.2, 0.25) is 10.0 Å². The van der Waals surface area contributed by atoms with E-state index in [1.165, 1.54) is 25.7 Å². The first-order chi connectivity index (χ1) is 12.5. The summed E-state index contributed by atoms with van der Waals surface area (Å²) in [6.07, 6.45) is 8.36. The topological polar surface area (TPSA) is 83.0 Å². The van der Waals surface area contributed by atoms with E-state index >= 15 is 0 Å². The maximum absolute atomic E-state index is 12.2. The van der Waals surface area contributed by atoms with E-state index in [1.54, 1.807) is 0 Å². The number of aliphatic imine (C=N–C) groups is 1. The first kappa shape index (κ1) is 19.9. The Balaban J connectivity index is 1.46. The van der Waals surface area contributed by atoms with Gasteiger partial charge in [0.1, 0.15) is 0 Å². The number of nitrogens with zero attached hydrogens (tertiary/aromatic N) is 2. The summed E-state index contributed by atoms with van der Waals surface area (Å²) in [4.78, 5) is 6.88. The summed E-state index contributed by atoms with van der Waals surface area (Å²) in [7, 11) is -3.31. The molecule has 26 heavy (non-hydrogen) atoms. The number of ether oxygens (including phenoxy) is 1. The van der Waals surface area contributed by atoms with Gasteiger partial charge >= 0.3 is 0 Å². The van der Waals surface area contributed by atoms with E-state index in [4.69, 9.17) is 4.74 Å². The SMILES string of the molecule is CCNC(=NCCS(=O)(=O)NCC1CCCCO1)N1CCC2(CCC2)C1. The van der Waals surface area contributed by atoms with Crippen LogP contribution < -0.4 is 10.0 Å². The molecule has 1 unspecified atom stereocenters. The molecule has 1 atom stereocenters. The number of likely N-dealkylation sites (tertiary alicyclic amines) is 1. The smallest absolute Gasteiger partial charge is 0.213 e. The predicted octanol–water partition coefficient (Wildman–Crippen LogP) is 1.32. The Morgan fingerprint density at radius 2 is 2.12 bits per heavy atom. The van der Waals surface area contributed by atoms with Crippen LogP contribution in [0, 0.1) is 5.41 Å². The molecule has 0 aromatic carbocycles. The van der Waals surface area contributed by atoms with Crippen LogP contribution in [-0.4, -0.2) is 70.5 Å². The molecule has 2 saturated heterocycles. The fourth-order valence-corrected chi connectivity index (χ4v) is 5.07. The van der Waals surface area contributed by atoms with Gasteiger partial charge < -0.3 is 15.0 Å². The Bertz CT molecular complexity index is 583. The Hall–Kier alpha value is -0.860. The van der Waals surface area contributed by atoms with E-state index in [-0.39, 0.29) is 18.4 Å². The van der Waals surface area contributed by atoms with Crippen LogP contribution in [0.1, 0.15) is 51.9 Å². The zero-order valence-corrected chi connectivity index (χ0v) is 16.8. The highest BCUT2D eigenvalue weighted by atomic mass is 32.2. The Kier molecular flexibility index (Phi) is 6.80. The van der Waals surface area contributed by atoms with Gasteiger partial charge in [-0.3, -0.25) is 4.99 Å². The van der Waals surface area contributed by atoms with E-state index in [0.717, 1.165) is 51.5 Å². The summed E-state index contributed by atoms with van der Waals surface area (Å²) in [6.45, 7) is 6.33. The lowest BCUT2D eigenvalue weighted by molar-refractivity contribution is 0.0200. The van der Waals surface area contributed by atoms with Crippen LogP contribution in [-0.2, 0) is 14.8 Å². The zero-order valence-electron chi connectivity index (χ0n) is 16.0. The molecule has 0 aromatic heterocycles. The van der Waals surface area contributed by atoms with Crippen LogP contribution in [0.15, 0.2) is 4.99 Å². The molecule has 3 fully saturated rings. The van der Waals surface area contributed by atoms with Crippen LogP contribution in [0.3, 0.4) is 0 Å². The van der Waals surface area contributed by atoms with Gasteiger partial charge in [-0.1, -0.05) is 6.42 Å². The highest BCUT2D eigenvalue weighted by Crippen LogP contribution is 2.47. The van der Waals surface area contributed by atoms with Gasteiger partial charge in [0.25, 0.3) is 0 Å². The third kappa shape index (κ3) is 5.33. The van der Waals surface area contributed by atoms with Crippen molar-refractivity contribution >= 4 is 16.0 Å². The van der Waals surface area contributed by atoms with Crippen molar-refractivity contribution < 1.29 is 13.2 Å². The molecule has 3 rings (SSSR count). The van der Waals surface area contributed by atoms with Gasteiger partial charge in [-0.25, -0.2) is 13.1 Å². The van der Waals surface area contributed by atoms with Gasteiger partial charge in [-0.05, 0) is 50.9 Å². The second-order valence-corrected chi connectivity index (χ2v) is 9.84. The molecule has 2 heterocycles. The number of rotatable bonds is 7. The van der Waals surface area contributed by atoms with Crippen LogP contribution in [0.2, 0.25) is 0 Å². The molecule has 1 saturated carbocycles. The van der Waals surface area contributed by atoms with Crippen LogP contribution in [0.4, 0.5) is 0 Å². The predicted molar refractivity (Wildman–Crippen MR) is 104 cm³/mol. The van der Waals surface area contributed by atoms with Gasteiger partial charge in [0.15, 0.2) is 5.96 Å². The van der Waals surface area contributed by atoms with Crippen molar-refractivity contribution in [3.63, 3.8) is 0 Å². The van der Waals surface area contributed by atoms with Crippen LogP contribution >= 0.6 is 0 Å². The first-order valence-corrected chi connectivity index (χ1v) is 11.8. The number of nitrogens with one attached hydrogen (secondary N) is 2. The molecule has 2 aliphatic heterocycles. The number of guanidine groups is 1. The monoisotopic (exact) mass is 386 g/mol. The Labute approximate surface area is 158 Å². The van der Waals surface area contributed by atoms with Gasteiger partial charge in [-0.2, -0.15) is 0 Å². The van der Waals surface area contributed by atoms with E-state index in [9.17, 15) is 8.42 Å². The summed E-state index contributed by atoms with van der Waals surface area (Å²) < 4.78 is 32.7. The number of sulfonamides is 1. The second kappa shape index (κ2) is 8.89. The maximum atomic E-state index is 12.2. The van der Waals surface area contributed by atoms with E-state index in [0.29, 0.717) is 12.0 Å². The highest BCUT2D eigenvalue weighted by molar-refractivity contribution is 7.89. The molecular formula is C18H34N4O3S. The fourth-order valence-electron chi connectivity index (χ4n) is 4.16. The molecule has 0 bridgehead atoms. The van der Waals surface area contributed by atoms with Crippen molar-refractivity contribution in [1.82, 2.24) is 14.9 Å². The molecule has 0 aromatic rings. The van der Waals surface area contributed by atoms with Crippen molar-refractivity contribution in [2.24, 2.45) is 10.4 Å². The summed E-state index contributed by atoms with van der Waals surface area (Å²) in [5.41, 5.74) is 0.504. The van der Waals surface area contributed by atoms with Crippen molar-refractivity contribution in [1.29, 1.82) is 0 Å². The van der Waals surface area contributed by atoms with Crippen molar-refractivity contribution in [2.45, 2.75) is 58.0 Å². The summed E-state index contributed by atoms with van der Waals surface area (Å²) in [5.74, 6) is 0.884. The molecule has 0 amide bonds. The molecule has 150 valence electrons. The molecule has 0 radical (unpaired) electrons. The van der Waals surface area contributed by atoms with Crippen LogP contribution in [0.25, 0.3) is 0 Å². The van der Waals surface area contributed by atoms with Crippen molar-refractivity contribution in [3.8, 4) is 0 Å². The molecule has 3 aliphatic rings. The third-order valence-corrected chi connectivity index (χ3v) is 7.24. The summed E-state index contributed by atoms with van der Waals surface area (Å²) in [6, 6.07) is 0. The maximum Gasteiger partial charge on any atom is 0.213 e. The molecular weight excluding hydrogens is 352 g/mol. The lowest BCUT2D eigenvalue weighted by Gasteiger charge is -2.38. The minimum Gasteiger partial charge on any atom is -0.377 e. The third-order valence-electron chi connectivity index (χ3n) is 5.91. The lowest BCUT2D eigenvalue weighted by atomic mass is 9.68. The average Bonchev–Trinajstić information content (AvgIpc) is 3.06. The molecule has 1 spiro atoms. The summed E-state index contributed by atoms with van der Waals surface area (Å²) >= 11 is 0. The lowest BCUT2D eigenvalue weighted by Crippen LogP contribution is -2.43. The van der Waals surface area contributed by atoms with E-state index in [1.807, 2.05) is 6.92 Å². The number of hydrogen-bond acceptors (Lipinski definition) is 4. The first-order valence-electron chi connectivity index (χ1n) is 10.1.